The number of rotatable bonds is 3. The van der Waals surface area contributed by atoms with Crippen LogP contribution in [-0.2, 0) is 23.8 Å². The molecule has 0 radical (unpaired) electrons. The minimum atomic E-state index is -0.781. The van der Waals surface area contributed by atoms with Crippen LogP contribution in [0.1, 0.15) is 39.0 Å². The molecule has 0 aromatic rings. The molecule has 5 nitrogen and oxygen atoms in total. The summed E-state index contributed by atoms with van der Waals surface area (Å²) in [7, 11) is 4.56. The fourth-order valence-corrected chi connectivity index (χ4v) is 3.60. The summed E-state index contributed by atoms with van der Waals surface area (Å²) in [5, 5.41) is 0. The quantitative estimate of drug-likeness (QED) is 0.585. The number of ketones is 1. The topological polar surface area (TPSA) is 61.8 Å². The average Bonchev–Trinajstić information content (AvgIpc) is 2.49. The van der Waals surface area contributed by atoms with Crippen LogP contribution in [0.25, 0.3) is 0 Å². The van der Waals surface area contributed by atoms with Crippen LogP contribution in [0.2, 0.25) is 0 Å². The fourth-order valence-electron chi connectivity index (χ4n) is 3.60. The number of carbonyl (C=O) groups excluding carboxylic acids is 2. The largest absolute Gasteiger partial charge is 0.468 e. The molecule has 1 saturated carbocycles. The molecule has 0 aliphatic heterocycles. The fraction of sp³-hybridized carbons (Fsp3) is 0.733. The zero-order valence-corrected chi connectivity index (χ0v) is 12.6. The second-order valence-corrected chi connectivity index (χ2v) is 5.60. The SMILES string of the molecule is COC(=O)[C@]12CCC(=O)C(C)=C1CCC(OC)(OC)C2. The Bertz CT molecular complexity index is 461. The van der Waals surface area contributed by atoms with Crippen LogP contribution in [0.15, 0.2) is 11.1 Å². The normalized spacial score (nSPS) is 29.1. The Labute approximate surface area is 119 Å². The molecule has 0 saturated heterocycles. The van der Waals surface area contributed by atoms with E-state index < -0.39 is 11.2 Å². The van der Waals surface area contributed by atoms with Gasteiger partial charge in [0.1, 0.15) is 0 Å². The van der Waals surface area contributed by atoms with Crippen molar-refractivity contribution in [1.29, 1.82) is 0 Å². The predicted octanol–water partition coefficient (Wildman–Crippen LogP) is 2.00. The second kappa shape index (κ2) is 5.30. The molecule has 112 valence electrons. The maximum absolute atomic E-state index is 12.4. The molecule has 20 heavy (non-hydrogen) atoms. The summed E-state index contributed by atoms with van der Waals surface area (Å²) >= 11 is 0. The van der Waals surface area contributed by atoms with E-state index in [1.54, 1.807) is 21.1 Å². The highest BCUT2D eigenvalue weighted by Crippen LogP contribution is 2.53. The van der Waals surface area contributed by atoms with Gasteiger partial charge in [0.25, 0.3) is 0 Å². The lowest BCUT2D eigenvalue weighted by Gasteiger charge is -2.48. The van der Waals surface area contributed by atoms with Gasteiger partial charge in [-0.15, -0.1) is 0 Å². The van der Waals surface area contributed by atoms with E-state index in [0.29, 0.717) is 37.7 Å². The second-order valence-electron chi connectivity index (χ2n) is 5.60. The first-order valence-electron chi connectivity index (χ1n) is 6.87. The van der Waals surface area contributed by atoms with Gasteiger partial charge in [0.05, 0.1) is 12.5 Å². The zero-order valence-electron chi connectivity index (χ0n) is 12.6. The van der Waals surface area contributed by atoms with Crippen molar-refractivity contribution >= 4 is 11.8 Å². The highest BCUT2D eigenvalue weighted by atomic mass is 16.7. The Kier molecular flexibility index (Phi) is 4.02. The number of methoxy groups -OCH3 is 3. The number of esters is 1. The van der Waals surface area contributed by atoms with Crippen LogP contribution < -0.4 is 0 Å². The van der Waals surface area contributed by atoms with Gasteiger partial charge in [-0.3, -0.25) is 9.59 Å². The van der Waals surface area contributed by atoms with Gasteiger partial charge in [0, 0.05) is 33.5 Å². The molecular weight excluding hydrogens is 260 g/mol. The summed E-state index contributed by atoms with van der Waals surface area (Å²) in [6, 6.07) is 0. The third-order valence-electron chi connectivity index (χ3n) is 4.87. The van der Waals surface area contributed by atoms with Crippen molar-refractivity contribution in [2.24, 2.45) is 5.41 Å². The molecule has 0 unspecified atom stereocenters. The Balaban J connectivity index is 2.51. The summed E-state index contributed by atoms with van der Waals surface area (Å²) in [5.41, 5.74) is 0.838. The van der Waals surface area contributed by atoms with Gasteiger partial charge in [0.2, 0.25) is 0 Å². The van der Waals surface area contributed by atoms with Gasteiger partial charge in [-0.05, 0) is 30.9 Å². The lowest BCUT2D eigenvalue weighted by atomic mass is 9.61. The lowest BCUT2D eigenvalue weighted by molar-refractivity contribution is -0.238. The number of ether oxygens (including phenoxy) is 3. The maximum atomic E-state index is 12.4. The summed E-state index contributed by atoms with van der Waals surface area (Å²) in [4.78, 5) is 24.3. The Morgan fingerprint density at radius 2 is 1.75 bits per heavy atom. The molecule has 0 bridgehead atoms. The minimum absolute atomic E-state index is 0.127. The first kappa shape index (κ1) is 15.2. The molecule has 0 amide bonds. The minimum Gasteiger partial charge on any atom is -0.468 e. The molecule has 0 aromatic heterocycles. The number of Topliss-reactive ketones (excluding diaryl/α,β-unsaturated/α-hetero) is 1. The van der Waals surface area contributed by atoms with Gasteiger partial charge in [-0.25, -0.2) is 0 Å². The van der Waals surface area contributed by atoms with Crippen molar-refractivity contribution in [3.8, 4) is 0 Å². The van der Waals surface area contributed by atoms with Crippen molar-refractivity contribution in [2.75, 3.05) is 21.3 Å². The van der Waals surface area contributed by atoms with Crippen molar-refractivity contribution in [2.45, 2.75) is 44.8 Å². The molecule has 0 spiro atoms. The molecule has 2 aliphatic carbocycles. The van der Waals surface area contributed by atoms with E-state index >= 15 is 0 Å². The van der Waals surface area contributed by atoms with E-state index in [1.165, 1.54) is 7.11 Å². The van der Waals surface area contributed by atoms with E-state index in [2.05, 4.69) is 0 Å². The molecule has 5 heteroatoms. The van der Waals surface area contributed by atoms with E-state index in [0.717, 1.165) is 5.57 Å². The number of fused-ring (bicyclic) bond motifs is 1. The van der Waals surface area contributed by atoms with Crippen molar-refractivity contribution in [3.63, 3.8) is 0 Å². The number of hydrogen-bond donors (Lipinski definition) is 0. The van der Waals surface area contributed by atoms with E-state index in [1.807, 2.05) is 0 Å². The summed E-state index contributed by atoms with van der Waals surface area (Å²) < 4.78 is 16.1. The van der Waals surface area contributed by atoms with Crippen molar-refractivity contribution in [1.82, 2.24) is 0 Å². The van der Waals surface area contributed by atoms with Crippen LogP contribution in [0.5, 0.6) is 0 Å². The van der Waals surface area contributed by atoms with Gasteiger partial charge < -0.3 is 14.2 Å². The van der Waals surface area contributed by atoms with E-state index in [9.17, 15) is 9.59 Å². The average molecular weight is 282 g/mol. The zero-order chi connectivity index (χ0) is 15.0. The lowest BCUT2D eigenvalue weighted by Crippen LogP contribution is -2.51. The monoisotopic (exact) mass is 282 g/mol. The Morgan fingerprint density at radius 1 is 1.10 bits per heavy atom. The summed E-state index contributed by atoms with van der Waals surface area (Å²) in [6.07, 6.45) is 2.50. The van der Waals surface area contributed by atoms with Gasteiger partial charge in [0.15, 0.2) is 11.6 Å². The van der Waals surface area contributed by atoms with Crippen LogP contribution >= 0.6 is 0 Å². The van der Waals surface area contributed by atoms with Gasteiger partial charge in [-0.1, -0.05) is 0 Å². The summed E-state index contributed by atoms with van der Waals surface area (Å²) in [5.74, 6) is -0.947. The van der Waals surface area contributed by atoms with Crippen LogP contribution in [0, 0.1) is 5.41 Å². The van der Waals surface area contributed by atoms with Crippen LogP contribution in [-0.4, -0.2) is 38.9 Å². The molecule has 2 rings (SSSR count). The Morgan fingerprint density at radius 3 is 2.30 bits per heavy atom. The number of carbonyl (C=O) groups is 2. The van der Waals surface area contributed by atoms with Crippen molar-refractivity contribution < 1.29 is 23.8 Å². The number of allylic oxidation sites excluding steroid dienone is 1. The molecule has 0 heterocycles. The van der Waals surface area contributed by atoms with Crippen LogP contribution in [0.3, 0.4) is 0 Å². The Hall–Kier alpha value is -1.20. The molecule has 0 N–H and O–H groups in total. The number of hydrogen-bond acceptors (Lipinski definition) is 5. The van der Waals surface area contributed by atoms with Crippen molar-refractivity contribution in [3.05, 3.63) is 11.1 Å². The van der Waals surface area contributed by atoms with E-state index in [4.69, 9.17) is 14.2 Å². The molecule has 1 atom stereocenters. The van der Waals surface area contributed by atoms with E-state index in [-0.39, 0.29) is 11.8 Å². The van der Waals surface area contributed by atoms with Crippen LogP contribution in [0.4, 0.5) is 0 Å². The highest BCUT2D eigenvalue weighted by Gasteiger charge is 2.55. The first-order chi connectivity index (χ1) is 9.44. The molecule has 2 aliphatic rings. The third kappa shape index (κ3) is 2.09. The standard InChI is InChI=1S/C15H22O5/c1-10-11-5-8-15(19-3,20-4)9-14(11,13(17)18-2)7-6-12(10)16/h5-9H2,1-4H3/t14-/m0/s1. The predicted molar refractivity (Wildman–Crippen MR) is 72.0 cm³/mol. The highest BCUT2D eigenvalue weighted by molar-refractivity contribution is 5.99. The van der Waals surface area contributed by atoms with Gasteiger partial charge in [-0.2, -0.15) is 0 Å². The smallest absolute Gasteiger partial charge is 0.316 e. The molecular formula is C15H22O5. The maximum Gasteiger partial charge on any atom is 0.316 e. The summed E-state index contributed by atoms with van der Waals surface area (Å²) in [6.45, 7) is 1.81. The molecule has 1 fully saturated rings. The third-order valence-corrected chi connectivity index (χ3v) is 4.87. The molecule has 0 aromatic carbocycles. The van der Waals surface area contributed by atoms with Gasteiger partial charge >= 0.3 is 5.97 Å². The first-order valence-corrected chi connectivity index (χ1v) is 6.87.